The van der Waals surface area contributed by atoms with Crippen LogP contribution in [0.2, 0.25) is 0 Å². The van der Waals surface area contributed by atoms with E-state index in [1.54, 1.807) is 6.20 Å². The molecule has 0 saturated carbocycles. The molecule has 13 heavy (non-hydrogen) atoms. The standard InChI is InChI=1S/C11H8N2/c1-2-6-10-8(4-1)9-5-3-7-12-11(9)13-10/h1-7,10H/t10-/m1/s1. The molecule has 0 bridgehead atoms. The van der Waals surface area contributed by atoms with Gasteiger partial charge in [0.25, 0.3) is 0 Å². The molecule has 62 valence electrons. The Labute approximate surface area is 75.7 Å². The van der Waals surface area contributed by atoms with Gasteiger partial charge in [-0.05, 0) is 17.7 Å². The summed E-state index contributed by atoms with van der Waals surface area (Å²) in [6.07, 6.45) is 10.1. The molecule has 1 aliphatic carbocycles. The van der Waals surface area contributed by atoms with Gasteiger partial charge >= 0.3 is 0 Å². The van der Waals surface area contributed by atoms with Crippen LogP contribution in [-0.4, -0.2) is 11.0 Å². The monoisotopic (exact) mass is 168 g/mol. The summed E-state index contributed by atoms with van der Waals surface area (Å²) >= 11 is 0. The van der Waals surface area contributed by atoms with E-state index in [1.807, 2.05) is 18.2 Å². The van der Waals surface area contributed by atoms with Gasteiger partial charge in [0, 0.05) is 11.4 Å². The summed E-state index contributed by atoms with van der Waals surface area (Å²) in [4.78, 5) is 8.72. The normalized spacial score (nSPS) is 22.5. The Morgan fingerprint density at radius 2 is 2.23 bits per heavy atom. The third-order valence-electron chi connectivity index (χ3n) is 2.36. The van der Waals surface area contributed by atoms with Gasteiger partial charge in [-0.2, -0.15) is 0 Å². The van der Waals surface area contributed by atoms with E-state index in [-0.39, 0.29) is 6.04 Å². The predicted molar refractivity (Wildman–Crippen MR) is 50.5 cm³/mol. The van der Waals surface area contributed by atoms with Crippen LogP contribution in [0.3, 0.4) is 0 Å². The Bertz CT molecular complexity index is 523. The van der Waals surface area contributed by atoms with Crippen molar-refractivity contribution in [1.29, 1.82) is 0 Å². The molecule has 2 aliphatic rings. The molecule has 2 heterocycles. The average Bonchev–Trinajstić information content (AvgIpc) is 2.56. The van der Waals surface area contributed by atoms with Crippen LogP contribution in [0.4, 0.5) is 0 Å². The minimum Gasteiger partial charge on any atom is -0.254 e. The van der Waals surface area contributed by atoms with Crippen molar-refractivity contribution in [3.8, 4) is 0 Å². The van der Waals surface area contributed by atoms with Gasteiger partial charge < -0.3 is 0 Å². The van der Waals surface area contributed by atoms with Crippen molar-refractivity contribution in [2.45, 2.75) is 6.04 Å². The van der Waals surface area contributed by atoms with E-state index in [0.717, 1.165) is 5.49 Å². The van der Waals surface area contributed by atoms with Crippen molar-refractivity contribution in [3.05, 3.63) is 53.3 Å². The molecule has 0 amide bonds. The zero-order chi connectivity index (χ0) is 8.67. The summed E-state index contributed by atoms with van der Waals surface area (Å²) < 4.78 is 0. The quantitative estimate of drug-likeness (QED) is 0.549. The molecule has 0 radical (unpaired) electrons. The number of pyridine rings is 1. The molecule has 0 spiro atoms. The lowest BCUT2D eigenvalue weighted by atomic mass is 10.0. The third kappa shape index (κ3) is 0.886. The largest absolute Gasteiger partial charge is 0.254 e. The molecule has 0 fully saturated rings. The summed E-state index contributed by atoms with van der Waals surface area (Å²) in [6, 6.07) is 4.23. The summed E-state index contributed by atoms with van der Waals surface area (Å²) in [5.41, 5.74) is 2.14. The molecule has 0 N–H and O–H groups in total. The van der Waals surface area contributed by atoms with Crippen molar-refractivity contribution in [2.75, 3.05) is 0 Å². The lowest BCUT2D eigenvalue weighted by Crippen LogP contribution is -2.25. The van der Waals surface area contributed by atoms with Crippen molar-refractivity contribution in [2.24, 2.45) is 4.99 Å². The second-order valence-corrected chi connectivity index (χ2v) is 3.15. The van der Waals surface area contributed by atoms with Gasteiger partial charge in [-0.1, -0.05) is 24.3 Å². The van der Waals surface area contributed by atoms with Crippen LogP contribution in [0.5, 0.6) is 0 Å². The smallest absolute Gasteiger partial charge is 0.155 e. The fraction of sp³-hybridized carbons (Fsp3) is 0.0909. The highest BCUT2D eigenvalue weighted by atomic mass is 14.9. The molecule has 0 saturated heterocycles. The molecule has 3 rings (SSSR count). The maximum Gasteiger partial charge on any atom is 0.155 e. The Hall–Kier alpha value is -1.70. The van der Waals surface area contributed by atoms with Gasteiger partial charge in [-0.25, -0.2) is 4.98 Å². The molecule has 1 atom stereocenters. The second kappa shape index (κ2) is 2.39. The Balaban J connectivity index is 2.44. The van der Waals surface area contributed by atoms with E-state index >= 15 is 0 Å². The number of rotatable bonds is 0. The van der Waals surface area contributed by atoms with Crippen LogP contribution >= 0.6 is 0 Å². The molecular weight excluding hydrogens is 160 g/mol. The van der Waals surface area contributed by atoms with Gasteiger partial charge in [0.2, 0.25) is 0 Å². The zero-order valence-corrected chi connectivity index (χ0v) is 7.01. The zero-order valence-electron chi connectivity index (χ0n) is 7.01. The van der Waals surface area contributed by atoms with Gasteiger partial charge in [-0.15, -0.1) is 0 Å². The maximum atomic E-state index is 4.49. The highest BCUT2D eigenvalue weighted by molar-refractivity contribution is 5.67. The maximum absolute atomic E-state index is 4.49. The number of allylic oxidation sites excluding steroid dienone is 2. The van der Waals surface area contributed by atoms with Crippen LogP contribution in [0, 0.1) is 0 Å². The van der Waals surface area contributed by atoms with Crippen LogP contribution in [0.15, 0.2) is 47.6 Å². The lowest BCUT2D eigenvalue weighted by molar-refractivity contribution is 0.988. The third-order valence-corrected chi connectivity index (χ3v) is 2.36. The van der Waals surface area contributed by atoms with Crippen LogP contribution < -0.4 is 10.7 Å². The van der Waals surface area contributed by atoms with E-state index in [4.69, 9.17) is 0 Å². The molecule has 0 aromatic carbocycles. The number of fused-ring (bicyclic) bond motifs is 2. The van der Waals surface area contributed by atoms with E-state index in [1.165, 1.54) is 10.8 Å². The van der Waals surface area contributed by atoms with Crippen LogP contribution in [0.25, 0.3) is 5.57 Å². The van der Waals surface area contributed by atoms with Crippen molar-refractivity contribution >= 4 is 5.57 Å². The summed E-state index contributed by atoms with van der Waals surface area (Å²) in [5, 5.41) is 1.17. The molecular formula is C11H8N2. The van der Waals surface area contributed by atoms with Gasteiger partial charge in [0.05, 0.1) is 6.04 Å². The SMILES string of the molecule is C1=CC2=c3cccnc3=N[C@@H]2C=C1. The topological polar surface area (TPSA) is 25.2 Å². The van der Waals surface area contributed by atoms with Crippen LogP contribution in [0.1, 0.15) is 0 Å². The van der Waals surface area contributed by atoms with Gasteiger partial charge in [0.15, 0.2) is 5.49 Å². The minimum absolute atomic E-state index is 0.204. The minimum atomic E-state index is 0.204. The first kappa shape index (κ1) is 6.78. The molecule has 2 nitrogen and oxygen atoms in total. The first-order valence-electron chi connectivity index (χ1n) is 4.33. The fourth-order valence-electron chi connectivity index (χ4n) is 1.75. The number of aromatic nitrogens is 1. The fourth-order valence-corrected chi connectivity index (χ4v) is 1.75. The van der Waals surface area contributed by atoms with Crippen LogP contribution in [-0.2, 0) is 0 Å². The van der Waals surface area contributed by atoms with Gasteiger partial charge in [-0.3, -0.25) is 4.99 Å². The van der Waals surface area contributed by atoms with E-state index in [0.29, 0.717) is 0 Å². The number of nitrogens with zero attached hydrogens (tertiary/aromatic N) is 2. The van der Waals surface area contributed by atoms with E-state index < -0.39 is 0 Å². The molecule has 0 unspecified atom stereocenters. The highest BCUT2D eigenvalue weighted by Crippen LogP contribution is 2.15. The summed E-state index contributed by atoms with van der Waals surface area (Å²) in [6.45, 7) is 0. The first-order chi connectivity index (χ1) is 6.45. The lowest BCUT2D eigenvalue weighted by Gasteiger charge is -2.05. The molecule has 1 aliphatic heterocycles. The number of hydrogen-bond donors (Lipinski definition) is 0. The first-order valence-corrected chi connectivity index (χ1v) is 4.33. The predicted octanol–water partition coefficient (Wildman–Crippen LogP) is 0.360. The molecule has 1 aromatic heterocycles. The second-order valence-electron chi connectivity index (χ2n) is 3.15. The van der Waals surface area contributed by atoms with Crippen molar-refractivity contribution in [1.82, 2.24) is 4.98 Å². The van der Waals surface area contributed by atoms with Crippen molar-refractivity contribution in [3.63, 3.8) is 0 Å². The number of hydrogen-bond acceptors (Lipinski definition) is 2. The Morgan fingerprint density at radius 3 is 3.23 bits per heavy atom. The summed E-state index contributed by atoms with van der Waals surface area (Å²) in [5.74, 6) is 0. The Morgan fingerprint density at radius 1 is 1.23 bits per heavy atom. The van der Waals surface area contributed by atoms with E-state index in [2.05, 4.69) is 28.2 Å². The molecule has 2 heteroatoms. The summed E-state index contributed by atoms with van der Waals surface area (Å²) in [7, 11) is 0. The average molecular weight is 168 g/mol. The Kier molecular flexibility index (Phi) is 1.25. The van der Waals surface area contributed by atoms with E-state index in [9.17, 15) is 0 Å². The van der Waals surface area contributed by atoms with Crippen molar-refractivity contribution < 1.29 is 0 Å². The van der Waals surface area contributed by atoms with Gasteiger partial charge in [0.1, 0.15) is 0 Å². The highest BCUT2D eigenvalue weighted by Gasteiger charge is 2.15. The molecule has 1 aromatic rings.